The number of nitro groups is 1. The third kappa shape index (κ3) is 2.57. The second-order valence-corrected chi connectivity index (χ2v) is 4.08. The summed E-state index contributed by atoms with van der Waals surface area (Å²) in [6.07, 6.45) is 0. The van der Waals surface area contributed by atoms with E-state index in [4.69, 9.17) is 0 Å². The number of carboxylic acid groups (broad SMARTS) is 2. The van der Waals surface area contributed by atoms with Gasteiger partial charge in [0.15, 0.2) is 0 Å². The molecule has 21 heavy (non-hydrogen) atoms. The zero-order valence-corrected chi connectivity index (χ0v) is 10.4. The Kier molecular flexibility index (Phi) is 3.66. The second-order valence-electron chi connectivity index (χ2n) is 4.08. The third-order valence-electron chi connectivity index (χ3n) is 2.88. The number of carboxylic acids is 2. The van der Waals surface area contributed by atoms with Gasteiger partial charge >= 0.3 is 0 Å². The van der Waals surface area contributed by atoms with Crippen LogP contribution in [0.4, 0.5) is 5.69 Å². The largest absolute Gasteiger partial charge is 0.545 e. The van der Waals surface area contributed by atoms with Gasteiger partial charge in [-0.1, -0.05) is 36.4 Å². The molecule has 0 unspecified atom stereocenters. The zero-order chi connectivity index (χ0) is 15.6. The molecule has 0 amide bonds. The maximum Gasteiger partial charge on any atom is 0.277 e. The van der Waals surface area contributed by atoms with Gasteiger partial charge in [-0.05, 0) is 5.56 Å². The van der Waals surface area contributed by atoms with Crippen LogP contribution in [0.15, 0.2) is 42.5 Å². The molecule has 0 aliphatic carbocycles. The van der Waals surface area contributed by atoms with Crippen molar-refractivity contribution in [1.29, 1.82) is 0 Å². The van der Waals surface area contributed by atoms with E-state index in [-0.39, 0.29) is 16.7 Å². The van der Waals surface area contributed by atoms with E-state index in [0.717, 1.165) is 12.1 Å². The number of aromatic carboxylic acids is 2. The fraction of sp³-hybridized carbons (Fsp3) is 0. The van der Waals surface area contributed by atoms with E-state index in [1.165, 1.54) is 30.3 Å². The quantitative estimate of drug-likeness (QED) is 0.574. The molecule has 0 atom stereocenters. The maximum absolute atomic E-state index is 11.2. The summed E-state index contributed by atoms with van der Waals surface area (Å²) in [5.74, 6) is -3.20. The molecule has 106 valence electrons. The maximum atomic E-state index is 11.2. The molecule has 0 saturated heterocycles. The number of benzene rings is 2. The van der Waals surface area contributed by atoms with E-state index in [9.17, 15) is 29.9 Å². The van der Waals surface area contributed by atoms with Gasteiger partial charge in [0, 0.05) is 17.2 Å². The molecule has 0 saturated carbocycles. The first-order valence-corrected chi connectivity index (χ1v) is 5.73. The van der Waals surface area contributed by atoms with Crippen LogP contribution in [0.25, 0.3) is 11.1 Å². The number of carbonyl (C=O) groups is 2. The van der Waals surface area contributed by atoms with Gasteiger partial charge < -0.3 is 19.8 Å². The van der Waals surface area contributed by atoms with Crippen LogP contribution in [0.3, 0.4) is 0 Å². The van der Waals surface area contributed by atoms with E-state index >= 15 is 0 Å². The molecular formula is C14H7NO6-2. The van der Waals surface area contributed by atoms with Gasteiger partial charge in [0.05, 0.1) is 22.4 Å². The highest BCUT2D eigenvalue weighted by Gasteiger charge is 2.21. The Bertz CT molecular complexity index is 721. The van der Waals surface area contributed by atoms with Crippen molar-refractivity contribution in [2.45, 2.75) is 0 Å². The Balaban J connectivity index is 2.88. The molecule has 7 nitrogen and oxygen atoms in total. The summed E-state index contributed by atoms with van der Waals surface area (Å²) in [4.78, 5) is 32.6. The van der Waals surface area contributed by atoms with Crippen LogP contribution in [0.2, 0.25) is 0 Å². The first-order valence-electron chi connectivity index (χ1n) is 5.73. The van der Waals surface area contributed by atoms with Crippen molar-refractivity contribution < 1.29 is 24.7 Å². The van der Waals surface area contributed by atoms with E-state index in [1.807, 2.05) is 0 Å². The highest BCUT2D eigenvalue weighted by molar-refractivity contribution is 6.03. The average molecular weight is 285 g/mol. The SMILES string of the molecule is O=C([O-])c1ccccc1-c1c(C(=O)[O-])cccc1[N+](=O)[O-]. The van der Waals surface area contributed by atoms with Crippen LogP contribution < -0.4 is 10.2 Å². The molecule has 0 aliphatic heterocycles. The van der Waals surface area contributed by atoms with Gasteiger partial charge in [-0.15, -0.1) is 0 Å². The van der Waals surface area contributed by atoms with Crippen molar-refractivity contribution in [1.82, 2.24) is 0 Å². The number of nitro benzene ring substituents is 1. The topological polar surface area (TPSA) is 123 Å². The zero-order valence-electron chi connectivity index (χ0n) is 10.4. The molecular weight excluding hydrogens is 278 g/mol. The third-order valence-corrected chi connectivity index (χ3v) is 2.88. The van der Waals surface area contributed by atoms with Crippen molar-refractivity contribution >= 4 is 17.6 Å². The normalized spacial score (nSPS) is 10.1. The summed E-state index contributed by atoms with van der Waals surface area (Å²) in [7, 11) is 0. The van der Waals surface area contributed by atoms with Gasteiger partial charge in [0.2, 0.25) is 0 Å². The fourth-order valence-electron chi connectivity index (χ4n) is 2.02. The molecule has 0 aromatic heterocycles. The Labute approximate surface area is 118 Å². The van der Waals surface area contributed by atoms with Crippen molar-refractivity contribution in [3.63, 3.8) is 0 Å². The van der Waals surface area contributed by atoms with E-state index in [0.29, 0.717) is 0 Å². The van der Waals surface area contributed by atoms with Crippen LogP contribution in [-0.4, -0.2) is 16.9 Å². The van der Waals surface area contributed by atoms with E-state index < -0.39 is 28.1 Å². The van der Waals surface area contributed by atoms with Crippen LogP contribution in [0.1, 0.15) is 20.7 Å². The average Bonchev–Trinajstić information content (AvgIpc) is 2.46. The van der Waals surface area contributed by atoms with Gasteiger partial charge in [-0.2, -0.15) is 0 Å². The first kappa shape index (κ1) is 14.2. The minimum absolute atomic E-state index is 0.107. The molecule has 2 rings (SSSR count). The fourth-order valence-corrected chi connectivity index (χ4v) is 2.02. The van der Waals surface area contributed by atoms with Crippen LogP contribution >= 0.6 is 0 Å². The number of rotatable bonds is 4. The lowest BCUT2D eigenvalue weighted by atomic mass is 9.94. The highest BCUT2D eigenvalue weighted by atomic mass is 16.6. The van der Waals surface area contributed by atoms with Gasteiger partial charge in [-0.3, -0.25) is 10.1 Å². The lowest BCUT2D eigenvalue weighted by molar-refractivity contribution is -0.384. The highest BCUT2D eigenvalue weighted by Crippen LogP contribution is 2.35. The van der Waals surface area contributed by atoms with Crippen molar-refractivity contribution in [3.8, 4) is 11.1 Å². The summed E-state index contributed by atoms with van der Waals surface area (Å²) in [6.45, 7) is 0. The molecule has 0 fully saturated rings. The minimum Gasteiger partial charge on any atom is -0.545 e. The molecule has 7 heteroatoms. The summed E-state index contributed by atoms with van der Waals surface area (Å²) < 4.78 is 0. The standard InChI is InChI=1S/C14H9NO6/c16-13(17)9-5-2-1-4-8(9)12-10(14(18)19)6-3-7-11(12)15(20)21/h1-7H,(H,16,17)(H,18,19)/p-2. The van der Waals surface area contributed by atoms with Crippen LogP contribution in [0.5, 0.6) is 0 Å². The number of hydrogen-bond donors (Lipinski definition) is 0. The molecule has 0 aliphatic rings. The Morgan fingerprint density at radius 2 is 1.43 bits per heavy atom. The molecule has 2 aromatic carbocycles. The van der Waals surface area contributed by atoms with E-state index in [2.05, 4.69) is 0 Å². The summed E-state index contributed by atoms with van der Waals surface area (Å²) in [6, 6.07) is 8.70. The lowest BCUT2D eigenvalue weighted by Crippen LogP contribution is -2.25. The van der Waals surface area contributed by atoms with Crippen LogP contribution in [-0.2, 0) is 0 Å². The predicted molar refractivity (Wildman–Crippen MR) is 67.2 cm³/mol. The number of carbonyl (C=O) groups excluding carboxylic acids is 2. The summed E-state index contributed by atoms with van der Waals surface area (Å²) >= 11 is 0. The second kappa shape index (κ2) is 5.41. The number of hydrogen-bond acceptors (Lipinski definition) is 6. The smallest absolute Gasteiger partial charge is 0.277 e. The Morgan fingerprint density at radius 3 is 2.00 bits per heavy atom. The molecule has 0 radical (unpaired) electrons. The molecule has 0 heterocycles. The first-order chi connectivity index (χ1) is 9.93. The predicted octanol–water partition coefficient (Wildman–Crippen LogP) is -0.0112. The minimum atomic E-state index is -1.64. The summed E-state index contributed by atoms with van der Waals surface area (Å²) in [5.41, 5.74) is -1.75. The van der Waals surface area contributed by atoms with E-state index in [1.54, 1.807) is 0 Å². The van der Waals surface area contributed by atoms with Gasteiger partial charge in [0.1, 0.15) is 0 Å². The summed E-state index contributed by atoms with van der Waals surface area (Å²) in [5, 5.41) is 33.3. The van der Waals surface area contributed by atoms with Crippen molar-refractivity contribution in [2.75, 3.05) is 0 Å². The van der Waals surface area contributed by atoms with Crippen LogP contribution in [0, 0.1) is 10.1 Å². The lowest BCUT2D eigenvalue weighted by Gasteiger charge is -2.15. The Hall–Kier alpha value is -3.22. The van der Waals surface area contributed by atoms with Gasteiger partial charge in [0.25, 0.3) is 5.69 Å². The monoisotopic (exact) mass is 285 g/mol. The Morgan fingerprint density at radius 1 is 0.857 bits per heavy atom. The van der Waals surface area contributed by atoms with Gasteiger partial charge in [-0.25, -0.2) is 0 Å². The molecule has 2 aromatic rings. The molecule has 0 spiro atoms. The van der Waals surface area contributed by atoms with Crippen molar-refractivity contribution in [2.24, 2.45) is 0 Å². The number of nitrogens with zero attached hydrogens (tertiary/aromatic N) is 1. The van der Waals surface area contributed by atoms with Crippen molar-refractivity contribution in [3.05, 3.63) is 63.7 Å². The molecule has 0 N–H and O–H groups in total. The molecule has 0 bridgehead atoms.